The number of nitrogens with two attached hydrogens (primary N) is 1. The highest BCUT2D eigenvalue weighted by Gasteiger charge is 2.28. The van der Waals surface area contributed by atoms with Gasteiger partial charge in [0.25, 0.3) is 0 Å². The largest absolute Gasteiger partial charge is 0.381 e. The number of anilines is 1. The number of amides is 1. The second-order valence-corrected chi connectivity index (χ2v) is 8.45. The molecule has 0 spiro atoms. The number of hydrogen-bond donors (Lipinski definition) is 2. The number of nitrogens with zero attached hydrogens (tertiary/aromatic N) is 1. The zero-order chi connectivity index (χ0) is 18.6. The second-order valence-electron chi connectivity index (χ2n) is 6.51. The summed E-state index contributed by atoms with van der Waals surface area (Å²) in [5.74, 6) is -0.234. The summed E-state index contributed by atoms with van der Waals surface area (Å²) in [6.45, 7) is 2.64. The first-order chi connectivity index (χ1) is 12.5. The molecule has 0 saturated carbocycles. The lowest BCUT2D eigenvalue weighted by Gasteiger charge is -2.27. The van der Waals surface area contributed by atoms with Crippen LogP contribution >= 0.6 is 0 Å². The molecule has 8 nitrogen and oxygen atoms in total. The number of ether oxygens (including phenoxy) is 2. The molecule has 2 aliphatic rings. The van der Waals surface area contributed by atoms with Crippen molar-refractivity contribution >= 4 is 21.6 Å². The molecule has 3 N–H and O–H groups in total. The van der Waals surface area contributed by atoms with Gasteiger partial charge in [0.15, 0.2) is 0 Å². The lowest BCUT2D eigenvalue weighted by Crippen LogP contribution is -2.44. The van der Waals surface area contributed by atoms with Crippen LogP contribution in [0.3, 0.4) is 0 Å². The summed E-state index contributed by atoms with van der Waals surface area (Å²) >= 11 is 0. The van der Waals surface area contributed by atoms with Crippen LogP contribution in [0.4, 0.5) is 5.69 Å². The molecule has 0 aromatic heterocycles. The standard InChI is InChI=1S/C17H25N3O5S/c18-16(13-4-8-24-9-5-13)17(21)19-14-2-1-3-15(12-14)26(22,23)20-6-10-25-11-7-20/h1-3,12-13,16H,4-11,18H2,(H,19,21). The Morgan fingerprint density at radius 1 is 1.15 bits per heavy atom. The van der Waals surface area contributed by atoms with Gasteiger partial charge in [-0.25, -0.2) is 8.42 Å². The highest BCUT2D eigenvalue weighted by Crippen LogP contribution is 2.22. The fourth-order valence-corrected chi connectivity index (χ4v) is 4.64. The topological polar surface area (TPSA) is 111 Å². The Balaban J connectivity index is 1.69. The number of benzene rings is 1. The molecule has 3 rings (SSSR count). The normalized spacial score (nSPS) is 21.3. The predicted molar refractivity (Wildman–Crippen MR) is 96.2 cm³/mol. The Morgan fingerprint density at radius 3 is 2.50 bits per heavy atom. The Kier molecular flexibility index (Phi) is 6.25. The monoisotopic (exact) mass is 383 g/mol. The van der Waals surface area contributed by atoms with Crippen molar-refractivity contribution in [3.63, 3.8) is 0 Å². The van der Waals surface area contributed by atoms with E-state index in [-0.39, 0.29) is 16.7 Å². The average molecular weight is 383 g/mol. The Bertz CT molecular complexity index is 728. The fraction of sp³-hybridized carbons (Fsp3) is 0.588. The van der Waals surface area contributed by atoms with E-state index in [1.807, 2.05) is 0 Å². The predicted octanol–water partition coefficient (Wildman–Crippen LogP) is 0.400. The first kappa shape index (κ1) is 19.2. The molecule has 26 heavy (non-hydrogen) atoms. The van der Waals surface area contributed by atoms with Crippen LogP contribution in [0.2, 0.25) is 0 Å². The van der Waals surface area contributed by atoms with E-state index in [1.54, 1.807) is 12.1 Å². The van der Waals surface area contributed by atoms with Gasteiger partial charge in [-0.15, -0.1) is 0 Å². The highest BCUT2D eigenvalue weighted by atomic mass is 32.2. The molecule has 0 bridgehead atoms. The third-order valence-corrected chi connectivity index (χ3v) is 6.68. The second kappa shape index (κ2) is 8.45. The minimum absolute atomic E-state index is 0.0732. The number of carbonyl (C=O) groups excluding carboxylic acids is 1. The first-order valence-electron chi connectivity index (χ1n) is 8.80. The van der Waals surface area contributed by atoms with E-state index in [1.165, 1.54) is 16.4 Å². The first-order valence-corrected chi connectivity index (χ1v) is 10.2. The zero-order valence-electron chi connectivity index (χ0n) is 14.6. The van der Waals surface area contributed by atoms with E-state index in [9.17, 15) is 13.2 Å². The van der Waals surface area contributed by atoms with Crippen LogP contribution < -0.4 is 11.1 Å². The van der Waals surface area contributed by atoms with Crippen LogP contribution in [0.5, 0.6) is 0 Å². The fourth-order valence-electron chi connectivity index (χ4n) is 3.18. The van der Waals surface area contributed by atoms with E-state index in [0.717, 1.165) is 12.8 Å². The number of sulfonamides is 1. The van der Waals surface area contributed by atoms with Crippen LogP contribution in [0.1, 0.15) is 12.8 Å². The van der Waals surface area contributed by atoms with Crippen molar-refractivity contribution in [1.82, 2.24) is 4.31 Å². The maximum Gasteiger partial charge on any atom is 0.243 e. The van der Waals surface area contributed by atoms with E-state index < -0.39 is 16.1 Å². The summed E-state index contributed by atoms with van der Waals surface area (Å²) in [7, 11) is -3.61. The van der Waals surface area contributed by atoms with Gasteiger partial charge in [-0.05, 0) is 37.0 Å². The molecule has 1 unspecified atom stereocenters. The Morgan fingerprint density at radius 2 is 1.81 bits per heavy atom. The number of morpholine rings is 1. The van der Waals surface area contributed by atoms with Gasteiger partial charge in [-0.1, -0.05) is 6.07 Å². The van der Waals surface area contributed by atoms with Gasteiger partial charge in [0.2, 0.25) is 15.9 Å². The smallest absolute Gasteiger partial charge is 0.243 e. The van der Waals surface area contributed by atoms with Crippen molar-refractivity contribution in [2.24, 2.45) is 11.7 Å². The molecule has 2 fully saturated rings. The molecular formula is C17H25N3O5S. The van der Waals surface area contributed by atoms with E-state index >= 15 is 0 Å². The molecule has 1 atom stereocenters. The van der Waals surface area contributed by atoms with E-state index in [4.69, 9.17) is 15.2 Å². The third kappa shape index (κ3) is 4.41. The van der Waals surface area contributed by atoms with Crippen molar-refractivity contribution in [2.75, 3.05) is 44.8 Å². The maximum atomic E-state index is 12.7. The highest BCUT2D eigenvalue weighted by molar-refractivity contribution is 7.89. The van der Waals surface area contributed by atoms with Crippen molar-refractivity contribution in [3.05, 3.63) is 24.3 Å². The van der Waals surface area contributed by atoms with E-state index in [2.05, 4.69) is 5.32 Å². The van der Waals surface area contributed by atoms with Gasteiger partial charge in [0, 0.05) is 32.0 Å². The van der Waals surface area contributed by atoms with Crippen molar-refractivity contribution in [2.45, 2.75) is 23.8 Å². The molecule has 144 valence electrons. The molecule has 0 aliphatic carbocycles. The molecule has 2 saturated heterocycles. The van der Waals surface area contributed by atoms with Crippen molar-refractivity contribution < 1.29 is 22.7 Å². The maximum absolute atomic E-state index is 12.7. The number of rotatable bonds is 5. The zero-order valence-corrected chi connectivity index (χ0v) is 15.4. The Hall–Kier alpha value is -1.52. The lowest BCUT2D eigenvalue weighted by molar-refractivity contribution is -0.119. The van der Waals surface area contributed by atoms with Crippen LogP contribution in [0.15, 0.2) is 29.2 Å². The molecule has 1 aromatic rings. The molecule has 1 aromatic carbocycles. The van der Waals surface area contributed by atoms with Crippen LogP contribution in [-0.2, 0) is 24.3 Å². The Labute approximate surface area is 153 Å². The molecule has 9 heteroatoms. The summed E-state index contributed by atoms with van der Waals surface area (Å²) in [4.78, 5) is 12.6. The van der Waals surface area contributed by atoms with Crippen LogP contribution in [0, 0.1) is 5.92 Å². The third-order valence-electron chi connectivity index (χ3n) is 4.79. The van der Waals surface area contributed by atoms with Gasteiger partial charge in [-0.3, -0.25) is 4.79 Å². The van der Waals surface area contributed by atoms with Crippen LogP contribution in [0.25, 0.3) is 0 Å². The number of carbonyl (C=O) groups is 1. The molecular weight excluding hydrogens is 358 g/mol. The molecule has 2 aliphatic heterocycles. The summed E-state index contributed by atoms with van der Waals surface area (Å²) in [5.41, 5.74) is 6.50. The van der Waals surface area contributed by atoms with Gasteiger partial charge >= 0.3 is 0 Å². The van der Waals surface area contributed by atoms with Crippen LogP contribution in [-0.4, -0.2) is 64.2 Å². The summed E-state index contributed by atoms with van der Waals surface area (Å²) in [6, 6.07) is 5.63. The average Bonchev–Trinajstić information content (AvgIpc) is 2.69. The number of nitrogens with one attached hydrogen (secondary N) is 1. The SMILES string of the molecule is NC(C(=O)Nc1cccc(S(=O)(=O)N2CCOCC2)c1)C1CCOCC1. The minimum atomic E-state index is -3.61. The van der Waals surface area contributed by atoms with Gasteiger partial charge in [-0.2, -0.15) is 4.31 Å². The molecule has 1 amide bonds. The van der Waals surface area contributed by atoms with Gasteiger partial charge < -0.3 is 20.5 Å². The lowest BCUT2D eigenvalue weighted by atomic mass is 9.92. The number of hydrogen-bond acceptors (Lipinski definition) is 6. The van der Waals surface area contributed by atoms with Crippen molar-refractivity contribution in [1.29, 1.82) is 0 Å². The summed E-state index contributed by atoms with van der Waals surface area (Å²) in [5, 5.41) is 2.74. The van der Waals surface area contributed by atoms with E-state index in [0.29, 0.717) is 45.2 Å². The minimum Gasteiger partial charge on any atom is -0.381 e. The van der Waals surface area contributed by atoms with Crippen molar-refractivity contribution in [3.8, 4) is 0 Å². The van der Waals surface area contributed by atoms with Gasteiger partial charge in [0.1, 0.15) is 0 Å². The quantitative estimate of drug-likeness (QED) is 0.761. The van der Waals surface area contributed by atoms with Gasteiger partial charge in [0.05, 0.1) is 24.2 Å². The molecule has 0 radical (unpaired) electrons. The summed E-state index contributed by atoms with van der Waals surface area (Å²) < 4.78 is 37.3. The molecule has 2 heterocycles. The summed E-state index contributed by atoms with van der Waals surface area (Å²) in [6.07, 6.45) is 1.50.